The standard InChI is InChI=1S/C13H13BrF2N2S/c1-3-11-13(14)12(18(2)17-11)7-19-8-4-5-9(15)10(16)6-8/h4-6H,3,7H2,1-2H3. The third kappa shape index (κ3) is 3.17. The van der Waals surface area contributed by atoms with E-state index in [9.17, 15) is 8.78 Å². The van der Waals surface area contributed by atoms with Crippen molar-refractivity contribution in [3.05, 3.63) is 45.7 Å². The molecule has 2 rings (SSSR count). The molecule has 0 amide bonds. The summed E-state index contributed by atoms with van der Waals surface area (Å²) in [6.07, 6.45) is 0.851. The van der Waals surface area contributed by atoms with E-state index in [1.54, 1.807) is 6.07 Å². The minimum Gasteiger partial charge on any atom is -0.270 e. The number of hydrogen-bond acceptors (Lipinski definition) is 2. The van der Waals surface area contributed by atoms with Crippen molar-refractivity contribution in [1.29, 1.82) is 0 Å². The van der Waals surface area contributed by atoms with Gasteiger partial charge in [0.1, 0.15) is 0 Å². The van der Waals surface area contributed by atoms with Gasteiger partial charge in [-0.3, -0.25) is 4.68 Å². The van der Waals surface area contributed by atoms with E-state index in [-0.39, 0.29) is 0 Å². The maximum atomic E-state index is 13.1. The summed E-state index contributed by atoms with van der Waals surface area (Å²) in [6, 6.07) is 3.94. The van der Waals surface area contributed by atoms with Crippen molar-refractivity contribution >= 4 is 27.7 Å². The van der Waals surface area contributed by atoms with Crippen molar-refractivity contribution in [2.75, 3.05) is 0 Å². The Balaban J connectivity index is 2.14. The number of halogens is 3. The number of rotatable bonds is 4. The van der Waals surface area contributed by atoms with E-state index in [0.717, 1.165) is 28.3 Å². The van der Waals surface area contributed by atoms with Crippen LogP contribution in [0.5, 0.6) is 0 Å². The zero-order valence-corrected chi connectivity index (χ0v) is 13.0. The zero-order chi connectivity index (χ0) is 14.0. The van der Waals surface area contributed by atoms with E-state index in [2.05, 4.69) is 21.0 Å². The molecule has 2 nitrogen and oxygen atoms in total. The van der Waals surface area contributed by atoms with E-state index >= 15 is 0 Å². The van der Waals surface area contributed by atoms with Crippen LogP contribution in [0.4, 0.5) is 8.78 Å². The van der Waals surface area contributed by atoms with Gasteiger partial charge in [-0.05, 0) is 40.5 Å². The van der Waals surface area contributed by atoms with Gasteiger partial charge in [0.2, 0.25) is 0 Å². The van der Waals surface area contributed by atoms with Gasteiger partial charge in [0.05, 0.1) is 15.9 Å². The van der Waals surface area contributed by atoms with Gasteiger partial charge in [0.25, 0.3) is 0 Å². The lowest BCUT2D eigenvalue weighted by molar-refractivity contribution is 0.506. The highest BCUT2D eigenvalue weighted by Gasteiger charge is 2.13. The second-order valence-corrected chi connectivity index (χ2v) is 5.89. The fourth-order valence-electron chi connectivity index (χ4n) is 1.69. The molecule has 6 heteroatoms. The van der Waals surface area contributed by atoms with Gasteiger partial charge in [0, 0.05) is 17.7 Å². The van der Waals surface area contributed by atoms with Crippen LogP contribution in [0.25, 0.3) is 0 Å². The smallest absolute Gasteiger partial charge is 0.159 e. The van der Waals surface area contributed by atoms with Gasteiger partial charge < -0.3 is 0 Å². The first-order valence-electron chi connectivity index (χ1n) is 5.81. The molecule has 0 saturated carbocycles. The number of nitrogens with zero attached hydrogens (tertiary/aromatic N) is 2. The fraction of sp³-hybridized carbons (Fsp3) is 0.308. The first-order chi connectivity index (χ1) is 9.02. The highest BCUT2D eigenvalue weighted by Crippen LogP contribution is 2.29. The van der Waals surface area contributed by atoms with Crippen LogP contribution in [0.1, 0.15) is 18.3 Å². The summed E-state index contributed by atoms with van der Waals surface area (Å²) in [6.45, 7) is 2.04. The molecule has 102 valence electrons. The molecule has 0 atom stereocenters. The summed E-state index contributed by atoms with van der Waals surface area (Å²) >= 11 is 4.98. The van der Waals surface area contributed by atoms with Crippen molar-refractivity contribution in [2.45, 2.75) is 24.0 Å². The van der Waals surface area contributed by atoms with E-state index in [4.69, 9.17) is 0 Å². The minimum atomic E-state index is -0.820. The summed E-state index contributed by atoms with van der Waals surface area (Å²) in [5.41, 5.74) is 2.04. The maximum Gasteiger partial charge on any atom is 0.159 e. The number of aromatic nitrogens is 2. The Morgan fingerprint density at radius 2 is 2.05 bits per heavy atom. The molecule has 2 aromatic rings. The molecule has 0 fully saturated rings. The molecule has 1 aromatic heterocycles. The molecule has 0 aliphatic heterocycles. The van der Waals surface area contributed by atoms with Gasteiger partial charge in [0.15, 0.2) is 11.6 Å². The maximum absolute atomic E-state index is 13.1. The Morgan fingerprint density at radius 3 is 2.63 bits per heavy atom. The zero-order valence-electron chi connectivity index (χ0n) is 10.6. The first-order valence-corrected chi connectivity index (χ1v) is 7.59. The molecule has 19 heavy (non-hydrogen) atoms. The molecular formula is C13H13BrF2N2S. The third-order valence-electron chi connectivity index (χ3n) is 2.77. The van der Waals surface area contributed by atoms with Crippen LogP contribution in [0.2, 0.25) is 0 Å². The topological polar surface area (TPSA) is 17.8 Å². The van der Waals surface area contributed by atoms with E-state index < -0.39 is 11.6 Å². The largest absolute Gasteiger partial charge is 0.270 e. The highest BCUT2D eigenvalue weighted by molar-refractivity contribution is 9.10. The van der Waals surface area contributed by atoms with Gasteiger partial charge in [-0.1, -0.05) is 6.92 Å². The lowest BCUT2D eigenvalue weighted by Gasteiger charge is -2.04. The molecule has 0 N–H and O–H groups in total. The van der Waals surface area contributed by atoms with Crippen LogP contribution in [-0.2, 0) is 19.2 Å². The normalized spacial score (nSPS) is 11.0. The predicted molar refractivity (Wildman–Crippen MR) is 76.2 cm³/mol. The first kappa shape index (κ1) is 14.5. The average Bonchev–Trinajstić information content (AvgIpc) is 2.66. The summed E-state index contributed by atoms with van der Waals surface area (Å²) in [4.78, 5) is 0.699. The summed E-state index contributed by atoms with van der Waals surface area (Å²) in [5, 5.41) is 4.39. The molecule has 1 heterocycles. The molecule has 0 aliphatic carbocycles. The third-order valence-corrected chi connectivity index (χ3v) is 4.69. The monoisotopic (exact) mass is 346 g/mol. The van der Waals surface area contributed by atoms with Crippen LogP contribution >= 0.6 is 27.7 Å². The SMILES string of the molecule is CCc1nn(C)c(CSc2ccc(F)c(F)c2)c1Br. The Kier molecular flexibility index (Phi) is 4.62. The van der Waals surface area contributed by atoms with Gasteiger partial charge in [-0.15, -0.1) is 11.8 Å². The second-order valence-electron chi connectivity index (χ2n) is 4.05. The molecule has 0 saturated heterocycles. The molecule has 0 aliphatic rings. The van der Waals surface area contributed by atoms with Gasteiger partial charge in [-0.25, -0.2) is 8.78 Å². The molecule has 0 radical (unpaired) electrons. The second kappa shape index (κ2) is 6.05. The predicted octanol–water partition coefficient (Wildman–Crippen LogP) is 4.32. The van der Waals surface area contributed by atoms with Crippen molar-refractivity contribution in [1.82, 2.24) is 9.78 Å². The van der Waals surface area contributed by atoms with Crippen LogP contribution in [-0.4, -0.2) is 9.78 Å². The minimum absolute atomic E-state index is 0.648. The van der Waals surface area contributed by atoms with E-state index in [1.807, 2.05) is 18.7 Å². The van der Waals surface area contributed by atoms with Crippen molar-refractivity contribution in [3.8, 4) is 0 Å². The fourth-order valence-corrected chi connectivity index (χ4v) is 3.62. The number of aryl methyl sites for hydroxylation is 2. The summed E-state index contributed by atoms with van der Waals surface area (Å²) in [7, 11) is 1.88. The molecule has 1 aromatic carbocycles. The van der Waals surface area contributed by atoms with Crippen LogP contribution in [0, 0.1) is 11.6 Å². The summed E-state index contributed by atoms with van der Waals surface area (Å²) < 4.78 is 28.7. The van der Waals surface area contributed by atoms with Gasteiger partial charge >= 0.3 is 0 Å². The lowest BCUT2D eigenvalue weighted by Crippen LogP contribution is -1.97. The van der Waals surface area contributed by atoms with Crippen LogP contribution in [0.3, 0.4) is 0 Å². The molecule has 0 bridgehead atoms. The summed E-state index contributed by atoms with van der Waals surface area (Å²) in [5.74, 6) is -0.988. The molecular weight excluding hydrogens is 334 g/mol. The number of thioether (sulfide) groups is 1. The average molecular weight is 347 g/mol. The molecule has 0 spiro atoms. The van der Waals surface area contributed by atoms with E-state index in [1.165, 1.54) is 17.8 Å². The Hall–Kier alpha value is -0.880. The quantitative estimate of drug-likeness (QED) is 0.767. The Bertz CT molecular complexity index is 599. The Morgan fingerprint density at radius 1 is 1.32 bits per heavy atom. The van der Waals surface area contributed by atoms with Crippen molar-refractivity contribution < 1.29 is 8.78 Å². The Labute approximate surface area is 123 Å². The van der Waals surface area contributed by atoms with Crippen molar-refractivity contribution in [2.24, 2.45) is 7.05 Å². The van der Waals surface area contributed by atoms with Crippen LogP contribution in [0.15, 0.2) is 27.6 Å². The van der Waals surface area contributed by atoms with Crippen molar-refractivity contribution in [3.63, 3.8) is 0 Å². The van der Waals surface area contributed by atoms with Crippen LogP contribution < -0.4 is 0 Å². The highest BCUT2D eigenvalue weighted by atomic mass is 79.9. The lowest BCUT2D eigenvalue weighted by atomic mass is 10.3. The number of benzene rings is 1. The molecule has 0 unspecified atom stereocenters. The van der Waals surface area contributed by atoms with E-state index in [0.29, 0.717) is 10.6 Å². The number of hydrogen-bond donors (Lipinski definition) is 0. The van der Waals surface area contributed by atoms with Gasteiger partial charge in [-0.2, -0.15) is 5.10 Å².